The Morgan fingerprint density at radius 1 is 1.03 bits per heavy atom. The number of nitrogens with zero attached hydrogens (tertiary/aromatic N) is 7. The van der Waals surface area contributed by atoms with Gasteiger partial charge in [-0.05, 0) is 13.0 Å². The van der Waals surface area contributed by atoms with Crippen molar-refractivity contribution in [2.24, 2.45) is 0 Å². The first kappa shape index (κ1) is 17.8. The Morgan fingerprint density at radius 3 is 2.59 bits per heavy atom. The quantitative estimate of drug-likeness (QED) is 0.632. The van der Waals surface area contributed by atoms with Crippen LogP contribution in [0.5, 0.6) is 0 Å². The van der Waals surface area contributed by atoms with Crippen LogP contribution in [0.1, 0.15) is 24.2 Å². The minimum Gasteiger partial charge on any atom is -0.364 e. The summed E-state index contributed by atoms with van der Waals surface area (Å²) in [6, 6.07) is 4.95. The third kappa shape index (κ3) is 3.26. The van der Waals surface area contributed by atoms with Gasteiger partial charge >= 0.3 is 0 Å². The zero-order chi connectivity index (χ0) is 20.0. The standard InChI is InChI=1S/C20H19F2N7/c1-12-15-9-25-20(19-23-4-2-5-24-19)26-16(15)3-6-29(12)14-7-17(22)27-18(8-14)28-10-13(21)11-28/h2,4-5,7-9,12-13H,3,6,10-11H2,1H3. The lowest BCUT2D eigenvalue weighted by Crippen LogP contribution is -2.49. The molecule has 9 heteroatoms. The first-order chi connectivity index (χ1) is 14.1. The van der Waals surface area contributed by atoms with Gasteiger partial charge in [0, 0.05) is 54.9 Å². The molecular weight excluding hydrogens is 376 g/mol. The van der Waals surface area contributed by atoms with Gasteiger partial charge in [-0.1, -0.05) is 0 Å². The van der Waals surface area contributed by atoms with E-state index in [9.17, 15) is 8.78 Å². The number of alkyl halides is 1. The van der Waals surface area contributed by atoms with Crippen molar-refractivity contribution in [2.75, 3.05) is 29.4 Å². The predicted molar refractivity (Wildman–Crippen MR) is 104 cm³/mol. The van der Waals surface area contributed by atoms with E-state index < -0.39 is 12.1 Å². The maximum Gasteiger partial charge on any atom is 0.216 e. The van der Waals surface area contributed by atoms with Crippen molar-refractivity contribution in [1.82, 2.24) is 24.9 Å². The molecule has 0 amide bonds. The number of pyridine rings is 1. The minimum atomic E-state index is -0.871. The van der Waals surface area contributed by atoms with Crippen molar-refractivity contribution in [3.63, 3.8) is 0 Å². The highest BCUT2D eigenvalue weighted by atomic mass is 19.1. The van der Waals surface area contributed by atoms with E-state index >= 15 is 0 Å². The molecule has 3 aromatic rings. The molecule has 2 aliphatic rings. The number of hydrogen-bond acceptors (Lipinski definition) is 7. The van der Waals surface area contributed by atoms with Crippen LogP contribution in [0.4, 0.5) is 20.3 Å². The summed E-state index contributed by atoms with van der Waals surface area (Å²) in [6.45, 7) is 3.23. The summed E-state index contributed by atoms with van der Waals surface area (Å²) in [5.41, 5.74) is 2.66. The molecule has 7 nitrogen and oxygen atoms in total. The molecule has 1 unspecified atom stereocenters. The molecule has 0 aliphatic carbocycles. The van der Waals surface area contributed by atoms with Gasteiger partial charge in [-0.15, -0.1) is 0 Å². The fraction of sp³-hybridized carbons (Fsp3) is 0.350. The highest BCUT2D eigenvalue weighted by molar-refractivity contribution is 5.59. The summed E-state index contributed by atoms with van der Waals surface area (Å²) in [7, 11) is 0. The van der Waals surface area contributed by atoms with Crippen LogP contribution in [0.3, 0.4) is 0 Å². The predicted octanol–water partition coefficient (Wildman–Crippen LogP) is 2.75. The molecule has 0 spiro atoms. The fourth-order valence-electron chi connectivity index (χ4n) is 3.85. The number of aromatic nitrogens is 5. The first-order valence-corrected chi connectivity index (χ1v) is 9.55. The summed E-state index contributed by atoms with van der Waals surface area (Å²) in [6.07, 6.45) is 4.94. The smallest absolute Gasteiger partial charge is 0.216 e. The van der Waals surface area contributed by atoms with Crippen molar-refractivity contribution >= 4 is 11.5 Å². The van der Waals surface area contributed by atoms with Crippen LogP contribution < -0.4 is 9.80 Å². The molecule has 0 N–H and O–H groups in total. The van der Waals surface area contributed by atoms with Gasteiger partial charge in [0.05, 0.1) is 24.8 Å². The second kappa shape index (κ2) is 6.98. The van der Waals surface area contributed by atoms with E-state index in [4.69, 9.17) is 0 Å². The Balaban J connectivity index is 1.44. The van der Waals surface area contributed by atoms with Gasteiger partial charge in [0.15, 0.2) is 11.6 Å². The maximum atomic E-state index is 14.2. The Hall–Kier alpha value is -3.23. The topological polar surface area (TPSA) is 70.9 Å². The molecule has 1 saturated heterocycles. The van der Waals surface area contributed by atoms with Gasteiger partial charge in [-0.25, -0.2) is 29.3 Å². The molecular formula is C20H19F2N7. The van der Waals surface area contributed by atoms with E-state index in [1.54, 1.807) is 29.6 Å². The van der Waals surface area contributed by atoms with Crippen LogP contribution in [0.15, 0.2) is 36.8 Å². The third-order valence-corrected chi connectivity index (χ3v) is 5.43. The number of hydrogen-bond donors (Lipinski definition) is 0. The van der Waals surface area contributed by atoms with Crippen LogP contribution in [0, 0.1) is 5.95 Å². The molecule has 29 heavy (non-hydrogen) atoms. The Bertz CT molecular complexity index is 1040. The second-order valence-electron chi connectivity index (χ2n) is 7.30. The lowest BCUT2D eigenvalue weighted by molar-refractivity contribution is 0.273. The third-order valence-electron chi connectivity index (χ3n) is 5.43. The van der Waals surface area contributed by atoms with Crippen LogP contribution >= 0.6 is 0 Å². The van der Waals surface area contributed by atoms with Gasteiger partial charge in [0.1, 0.15) is 12.0 Å². The van der Waals surface area contributed by atoms with Crippen molar-refractivity contribution in [3.8, 4) is 11.6 Å². The molecule has 1 fully saturated rings. The van der Waals surface area contributed by atoms with Crippen LogP contribution in [-0.4, -0.2) is 50.7 Å². The molecule has 0 bridgehead atoms. The van der Waals surface area contributed by atoms with Gasteiger partial charge in [0.2, 0.25) is 5.95 Å². The van der Waals surface area contributed by atoms with Crippen LogP contribution in [-0.2, 0) is 6.42 Å². The largest absolute Gasteiger partial charge is 0.364 e. The SMILES string of the molecule is CC1c2cnc(-c3ncccn3)nc2CCN1c1cc(F)nc(N2CC(F)C2)c1. The van der Waals surface area contributed by atoms with Gasteiger partial charge in [0.25, 0.3) is 0 Å². The summed E-state index contributed by atoms with van der Waals surface area (Å²) < 4.78 is 27.4. The van der Waals surface area contributed by atoms with Crippen LogP contribution in [0.25, 0.3) is 11.6 Å². The molecule has 0 radical (unpaired) electrons. The van der Waals surface area contributed by atoms with Crippen LogP contribution in [0.2, 0.25) is 0 Å². The molecule has 1 atom stereocenters. The Labute approximate surface area is 166 Å². The second-order valence-corrected chi connectivity index (χ2v) is 7.30. The highest BCUT2D eigenvalue weighted by Crippen LogP contribution is 2.35. The van der Waals surface area contributed by atoms with Gasteiger partial charge < -0.3 is 9.80 Å². The number of rotatable bonds is 3. The van der Waals surface area contributed by atoms with E-state index in [0.29, 0.717) is 30.4 Å². The molecule has 3 aromatic heterocycles. The Morgan fingerprint density at radius 2 is 1.83 bits per heavy atom. The maximum absolute atomic E-state index is 14.2. The van der Waals surface area contributed by atoms with Crippen molar-refractivity contribution in [1.29, 1.82) is 0 Å². The first-order valence-electron chi connectivity index (χ1n) is 9.55. The lowest BCUT2D eigenvalue weighted by atomic mass is 9.98. The number of fused-ring (bicyclic) bond motifs is 1. The normalized spacial score (nSPS) is 19.1. The lowest BCUT2D eigenvalue weighted by Gasteiger charge is -2.38. The van der Waals surface area contributed by atoms with Gasteiger partial charge in [-0.3, -0.25) is 0 Å². The molecule has 0 aromatic carbocycles. The van der Waals surface area contributed by atoms with Crippen molar-refractivity contribution in [3.05, 3.63) is 54.0 Å². The minimum absolute atomic E-state index is 0.0375. The molecule has 2 aliphatic heterocycles. The Kier molecular flexibility index (Phi) is 4.30. The van der Waals surface area contributed by atoms with Crippen molar-refractivity contribution < 1.29 is 8.78 Å². The monoisotopic (exact) mass is 395 g/mol. The zero-order valence-corrected chi connectivity index (χ0v) is 15.8. The molecule has 5 heterocycles. The van der Waals surface area contributed by atoms with E-state index in [2.05, 4.69) is 29.8 Å². The number of anilines is 2. The zero-order valence-electron chi connectivity index (χ0n) is 15.8. The summed E-state index contributed by atoms with van der Waals surface area (Å²) in [5, 5.41) is 0. The van der Waals surface area contributed by atoms with Gasteiger partial charge in [-0.2, -0.15) is 4.39 Å². The van der Waals surface area contributed by atoms with E-state index in [0.717, 1.165) is 16.9 Å². The van der Waals surface area contributed by atoms with Crippen molar-refractivity contribution in [2.45, 2.75) is 25.6 Å². The molecule has 0 saturated carbocycles. The average Bonchev–Trinajstić information content (AvgIpc) is 2.71. The summed E-state index contributed by atoms with van der Waals surface area (Å²) >= 11 is 0. The highest BCUT2D eigenvalue weighted by Gasteiger charge is 2.30. The van der Waals surface area contributed by atoms with E-state index in [-0.39, 0.29) is 19.1 Å². The average molecular weight is 395 g/mol. The summed E-state index contributed by atoms with van der Waals surface area (Å²) in [4.78, 5) is 25.3. The fourth-order valence-corrected chi connectivity index (χ4v) is 3.85. The summed E-state index contributed by atoms with van der Waals surface area (Å²) in [5.74, 6) is 0.901. The molecule has 148 valence electrons. The van der Waals surface area contributed by atoms with E-state index in [1.165, 1.54) is 6.07 Å². The van der Waals surface area contributed by atoms with E-state index in [1.807, 2.05) is 13.0 Å². The number of halogens is 2. The molecule has 5 rings (SSSR count).